The Hall–Kier alpha value is -2.36. The fourth-order valence-electron chi connectivity index (χ4n) is 1.06. The van der Waals surface area contributed by atoms with Crippen LogP contribution in [0.25, 0.3) is 0 Å². The van der Waals surface area contributed by atoms with Crippen LogP contribution in [-0.4, -0.2) is 49.7 Å². The number of terminal acetylenes is 1. The van der Waals surface area contributed by atoms with Crippen LogP contribution < -0.4 is 0 Å². The van der Waals surface area contributed by atoms with Crippen LogP contribution in [0.3, 0.4) is 0 Å². The minimum Gasteiger partial charge on any atom is -0.480 e. The van der Waals surface area contributed by atoms with Gasteiger partial charge in [0.15, 0.2) is 0 Å². The van der Waals surface area contributed by atoms with Crippen molar-refractivity contribution in [1.29, 1.82) is 0 Å². The lowest BCUT2D eigenvalue weighted by Gasteiger charge is -2.17. The summed E-state index contributed by atoms with van der Waals surface area (Å²) in [5.74, 6) is 0.710. The monoisotopic (exact) mass is 222 g/mol. The standard InChI is InChI=1S/C9H10N4O3/c1-2-3-12(5-9(15)16)8(14)4-13-7-10-6-11-13/h1,6-7H,3-5H2,(H,15,16). The molecule has 0 saturated carbocycles. The Morgan fingerprint density at radius 3 is 2.81 bits per heavy atom. The highest BCUT2D eigenvalue weighted by atomic mass is 16.4. The minimum atomic E-state index is -1.11. The van der Waals surface area contributed by atoms with Crippen LogP contribution in [-0.2, 0) is 16.1 Å². The van der Waals surface area contributed by atoms with Crippen molar-refractivity contribution < 1.29 is 14.7 Å². The summed E-state index contributed by atoms with van der Waals surface area (Å²) in [6.45, 7) is -0.535. The van der Waals surface area contributed by atoms with Crippen LogP contribution in [0.15, 0.2) is 12.7 Å². The third-order valence-electron chi connectivity index (χ3n) is 1.72. The largest absolute Gasteiger partial charge is 0.480 e. The summed E-state index contributed by atoms with van der Waals surface area (Å²) in [6.07, 6.45) is 7.70. The van der Waals surface area contributed by atoms with Crippen LogP contribution in [0.2, 0.25) is 0 Å². The zero-order chi connectivity index (χ0) is 12.0. The first-order chi connectivity index (χ1) is 7.63. The van der Waals surface area contributed by atoms with E-state index in [4.69, 9.17) is 11.5 Å². The summed E-state index contributed by atoms with van der Waals surface area (Å²) in [4.78, 5) is 26.8. The zero-order valence-electron chi connectivity index (χ0n) is 8.41. The van der Waals surface area contributed by atoms with Crippen LogP contribution in [0.4, 0.5) is 0 Å². The number of carbonyl (C=O) groups excluding carboxylic acids is 1. The lowest BCUT2D eigenvalue weighted by Crippen LogP contribution is -2.38. The Balaban J connectivity index is 2.60. The van der Waals surface area contributed by atoms with Gasteiger partial charge in [0.1, 0.15) is 25.7 Å². The Labute approximate surface area is 91.7 Å². The van der Waals surface area contributed by atoms with Crippen molar-refractivity contribution in [3.8, 4) is 12.3 Å². The van der Waals surface area contributed by atoms with Gasteiger partial charge in [-0.25, -0.2) is 9.67 Å². The van der Waals surface area contributed by atoms with Crippen molar-refractivity contribution in [3.63, 3.8) is 0 Å². The van der Waals surface area contributed by atoms with E-state index < -0.39 is 18.4 Å². The van der Waals surface area contributed by atoms with Gasteiger partial charge in [-0.15, -0.1) is 6.42 Å². The molecule has 16 heavy (non-hydrogen) atoms. The highest BCUT2D eigenvalue weighted by molar-refractivity contribution is 5.81. The molecule has 0 fully saturated rings. The summed E-state index contributed by atoms with van der Waals surface area (Å²) in [5, 5.41) is 12.3. The van der Waals surface area contributed by atoms with Crippen molar-refractivity contribution in [2.24, 2.45) is 0 Å². The molecule has 0 unspecified atom stereocenters. The van der Waals surface area contributed by atoms with E-state index in [-0.39, 0.29) is 13.1 Å². The molecule has 1 amide bonds. The van der Waals surface area contributed by atoms with Crippen LogP contribution in [0, 0.1) is 12.3 Å². The molecule has 1 rings (SSSR count). The minimum absolute atomic E-state index is 0.0418. The van der Waals surface area contributed by atoms with Crippen molar-refractivity contribution in [2.75, 3.05) is 13.1 Å². The lowest BCUT2D eigenvalue weighted by atomic mass is 10.4. The Morgan fingerprint density at radius 2 is 2.31 bits per heavy atom. The maximum Gasteiger partial charge on any atom is 0.323 e. The summed E-state index contributed by atoms with van der Waals surface area (Å²) >= 11 is 0. The predicted molar refractivity (Wildman–Crippen MR) is 53.1 cm³/mol. The normalized spacial score (nSPS) is 9.44. The van der Waals surface area contributed by atoms with Crippen molar-refractivity contribution in [1.82, 2.24) is 19.7 Å². The van der Waals surface area contributed by atoms with Gasteiger partial charge in [0.05, 0.1) is 6.54 Å². The van der Waals surface area contributed by atoms with E-state index in [2.05, 4.69) is 16.0 Å². The lowest BCUT2D eigenvalue weighted by molar-refractivity contribution is -0.144. The van der Waals surface area contributed by atoms with E-state index in [1.165, 1.54) is 17.3 Å². The molecule has 1 aromatic heterocycles. The molecule has 84 valence electrons. The summed E-state index contributed by atoms with van der Waals surface area (Å²) in [6, 6.07) is 0. The fourth-order valence-corrected chi connectivity index (χ4v) is 1.06. The van der Waals surface area contributed by atoms with Gasteiger partial charge in [0.25, 0.3) is 0 Å². The predicted octanol–water partition coefficient (Wildman–Crippen LogP) is -1.18. The number of hydrogen-bond donors (Lipinski definition) is 1. The SMILES string of the molecule is C#CCN(CC(=O)O)C(=O)Cn1cncn1. The number of nitrogens with zero attached hydrogens (tertiary/aromatic N) is 4. The first kappa shape index (κ1) is 11.7. The van der Waals surface area contributed by atoms with Gasteiger partial charge < -0.3 is 10.0 Å². The second-order valence-corrected chi connectivity index (χ2v) is 2.94. The number of aliphatic carboxylic acids is 1. The quantitative estimate of drug-likeness (QED) is 0.634. The van der Waals surface area contributed by atoms with Gasteiger partial charge in [-0.3, -0.25) is 9.59 Å². The number of aromatic nitrogens is 3. The Morgan fingerprint density at radius 1 is 1.56 bits per heavy atom. The number of carbonyl (C=O) groups is 2. The number of carboxylic acids is 1. The number of rotatable bonds is 5. The first-order valence-electron chi connectivity index (χ1n) is 4.39. The molecule has 7 nitrogen and oxygen atoms in total. The first-order valence-corrected chi connectivity index (χ1v) is 4.39. The summed E-state index contributed by atoms with van der Waals surface area (Å²) in [7, 11) is 0. The molecular weight excluding hydrogens is 212 g/mol. The van der Waals surface area contributed by atoms with Crippen molar-refractivity contribution in [2.45, 2.75) is 6.54 Å². The topological polar surface area (TPSA) is 88.3 Å². The van der Waals surface area contributed by atoms with Gasteiger partial charge in [-0.05, 0) is 0 Å². The molecule has 0 bridgehead atoms. The maximum atomic E-state index is 11.6. The van der Waals surface area contributed by atoms with Crippen molar-refractivity contribution in [3.05, 3.63) is 12.7 Å². The van der Waals surface area contributed by atoms with E-state index in [0.29, 0.717) is 0 Å². The molecule has 0 aromatic carbocycles. The molecule has 0 saturated heterocycles. The number of hydrogen-bond acceptors (Lipinski definition) is 4. The van der Waals surface area contributed by atoms with Gasteiger partial charge in [-0.2, -0.15) is 5.10 Å². The Kier molecular flexibility index (Phi) is 4.03. The molecule has 7 heteroatoms. The van der Waals surface area contributed by atoms with Gasteiger partial charge in [0.2, 0.25) is 5.91 Å². The molecule has 0 aliphatic heterocycles. The maximum absolute atomic E-state index is 11.6. The third-order valence-corrected chi connectivity index (χ3v) is 1.72. The highest BCUT2D eigenvalue weighted by Gasteiger charge is 2.16. The van der Waals surface area contributed by atoms with Crippen LogP contribution >= 0.6 is 0 Å². The van der Waals surface area contributed by atoms with Crippen molar-refractivity contribution >= 4 is 11.9 Å². The summed E-state index contributed by atoms with van der Waals surface area (Å²) < 4.78 is 1.30. The Bertz CT molecular complexity index is 407. The molecule has 0 spiro atoms. The summed E-state index contributed by atoms with van der Waals surface area (Å²) in [5.41, 5.74) is 0. The van der Waals surface area contributed by atoms with Gasteiger partial charge >= 0.3 is 5.97 Å². The average molecular weight is 222 g/mol. The van der Waals surface area contributed by atoms with Crippen LogP contribution in [0.1, 0.15) is 0 Å². The molecule has 0 atom stereocenters. The second-order valence-electron chi connectivity index (χ2n) is 2.94. The number of carboxylic acid groups (broad SMARTS) is 1. The molecule has 1 N–H and O–H groups in total. The smallest absolute Gasteiger partial charge is 0.323 e. The fraction of sp³-hybridized carbons (Fsp3) is 0.333. The van der Waals surface area contributed by atoms with Crippen LogP contribution in [0.5, 0.6) is 0 Å². The van der Waals surface area contributed by atoms with E-state index in [1.54, 1.807) is 0 Å². The van der Waals surface area contributed by atoms with E-state index in [1.807, 2.05) is 0 Å². The third kappa shape index (κ3) is 3.42. The number of amides is 1. The van der Waals surface area contributed by atoms with E-state index in [0.717, 1.165) is 4.90 Å². The molecule has 1 heterocycles. The molecular formula is C9H10N4O3. The molecule has 1 aromatic rings. The second kappa shape index (κ2) is 5.50. The van der Waals surface area contributed by atoms with E-state index >= 15 is 0 Å². The average Bonchev–Trinajstić information content (AvgIpc) is 2.69. The molecule has 0 aliphatic rings. The zero-order valence-corrected chi connectivity index (χ0v) is 8.41. The van der Waals surface area contributed by atoms with E-state index in [9.17, 15) is 9.59 Å². The van der Waals surface area contributed by atoms with Gasteiger partial charge in [-0.1, -0.05) is 5.92 Å². The highest BCUT2D eigenvalue weighted by Crippen LogP contribution is 1.92. The van der Waals surface area contributed by atoms with Gasteiger partial charge in [0, 0.05) is 0 Å². The molecule has 0 radical (unpaired) electrons. The molecule has 0 aliphatic carbocycles.